The van der Waals surface area contributed by atoms with E-state index >= 15 is 0 Å². The molecule has 0 saturated heterocycles. The number of methoxy groups -OCH3 is 1. The number of rotatable bonds is 6. The topological polar surface area (TPSA) is 21.3 Å². The number of likely N-dealkylation sites (N-methyl/N-ethyl adjacent to an activating group) is 1. The predicted octanol–water partition coefficient (Wildman–Crippen LogP) is 1.97. The van der Waals surface area contributed by atoms with Crippen molar-refractivity contribution in [3.63, 3.8) is 0 Å². The van der Waals surface area contributed by atoms with E-state index in [1.165, 1.54) is 5.57 Å². The molecule has 0 aromatic carbocycles. The van der Waals surface area contributed by atoms with Crippen LogP contribution in [0.25, 0.3) is 0 Å². The van der Waals surface area contributed by atoms with Gasteiger partial charge < -0.3 is 10.1 Å². The van der Waals surface area contributed by atoms with E-state index in [0.717, 1.165) is 12.8 Å². The summed E-state index contributed by atoms with van der Waals surface area (Å²) in [5, 5.41) is 3.23. The largest absolute Gasteiger partial charge is 0.380 e. The second kappa shape index (κ2) is 6.21. The molecule has 0 amide bonds. The molecule has 0 heterocycles. The lowest BCUT2D eigenvalue weighted by Gasteiger charge is -2.22. The van der Waals surface area contributed by atoms with Crippen molar-refractivity contribution >= 4 is 0 Å². The normalized spacial score (nSPS) is 15.7. The Hall–Kier alpha value is -0.340. The van der Waals surface area contributed by atoms with Crippen molar-refractivity contribution in [1.82, 2.24) is 5.32 Å². The fraction of sp³-hybridized carbons (Fsp3) is 0.800. The number of hydrogen-bond donors (Lipinski definition) is 1. The summed E-state index contributed by atoms with van der Waals surface area (Å²) in [6.07, 6.45) is 2.30. The standard InChI is InChI=1S/C10H21NO/c1-6-8(2)7-10(11-4)9(3)12-5/h9-11H,2,6-7H2,1,3-5H3. The van der Waals surface area contributed by atoms with Gasteiger partial charge in [0.1, 0.15) is 0 Å². The highest BCUT2D eigenvalue weighted by Gasteiger charge is 2.14. The third kappa shape index (κ3) is 3.88. The fourth-order valence-electron chi connectivity index (χ4n) is 1.12. The first kappa shape index (κ1) is 11.7. The molecule has 2 nitrogen and oxygen atoms in total. The summed E-state index contributed by atoms with van der Waals surface area (Å²) in [4.78, 5) is 0. The highest BCUT2D eigenvalue weighted by molar-refractivity contribution is 4.97. The molecule has 12 heavy (non-hydrogen) atoms. The zero-order chi connectivity index (χ0) is 9.56. The van der Waals surface area contributed by atoms with Crippen molar-refractivity contribution < 1.29 is 4.74 Å². The van der Waals surface area contributed by atoms with Crippen LogP contribution in [0.5, 0.6) is 0 Å². The lowest BCUT2D eigenvalue weighted by atomic mass is 10.0. The zero-order valence-corrected chi connectivity index (χ0v) is 8.68. The van der Waals surface area contributed by atoms with Crippen LogP contribution >= 0.6 is 0 Å². The molecule has 0 aromatic rings. The Morgan fingerprint density at radius 1 is 1.58 bits per heavy atom. The molecule has 72 valence electrons. The van der Waals surface area contributed by atoms with E-state index in [-0.39, 0.29) is 6.10 Å². The molecule has 0 radical (unpaired) electrons. The maximum Gasteiger partial charge on any atom is 0.0699 e. The number of ether oxygens (including phenoxy) is 1. The Labute approximate surface area is 76.0 Å². The van der Waals surface area contributed by atoms with Gasteiger partial charge in [0.25, 0.3) is 0 Å². The van der Waals surface area contributed by atoms with Crippen LogP contribution in [-0.2, 0) is 4.74 Å². The van der Waals surface area contributed by atoms with Crippen LogP contribution in [0.2, 0.25) is 0 Å². The van der Waals surface area contributed by atoms with Crippen LogP contribution in [-0.4, -0.2) is 26.3 Å². The smallest absolute Gasteiger partial charge is 0.0699 e. The summed E-state index contributed by atoms with van der Waals surface area (Å²) >= 11 is 0. The van der Waals surface area contributed by atoms with E-state index in [1.807, 2.05) is 7.05 Å². The highest BCUT2D eigenvalue weighted by atomic mass is 16.5. The minimum atomic E-state index is 0.248. The van der Waals surface area contributed by atoms with Crippen LogP contribution in [0.4, 0.5) is 0 Å². The molecule has 2 unspecified atom stereocenters. The van der Waals surface area contributed by atoms with Crippen molar-refractivity contribution in [3.8, 4) is 0 Å². The van der Waals surface area contributed by atoms with E-state index in [2.05, 4.69) is 25.7 Å². The number of nitrogens with one attached hydrogen (secondary N) is 1. The molecule has 0 aliphatic carbocycles. The van der Waals surface area contributed by atoms with Crippen LogP contribution in [0.1, 0.15) is 26.7 Å². The molecule has 1 N–H and O–H groups in total. The Morgan fingerprint density at radius 2 is 2.17 bits per heavy atom. The predicted molar refractivity (Wildman–Crippen MR) is 53.4 cm³/mol. The second-order valence-corrected chi connectivity index (χ2v) is 3.14. The van der Waals surface area contributed by atoms with Crippen LogP contribution < -0.4 is 5.32 Å². The fourth-order valence-corrected chi connectivity index (χ4v) is 1.12. The van der Waals surface area contributed by atoms with Crippen LogP contribution in [0, 0.1) is 0 Å². The maximum atomic E-state index is 5.24. The summed E-state index contributed by atoms with van der Waals surface area (Å²) in [6, 6.07) is 0.391. The van der Waals surface area contributed by atoms with Gasteiger partial charge in [-0.05, 0) is 26.8 Å². The summed E-state index contributed by atoms with van der Waals surface area (Å²) < 4.78 is 5.24. The van der Waals surface area contributed by atoms with Crippen molar-refractivity contribution in [3.05, 3.63) is 12.2 Å². The van der Waals surface area contributed by atoms with Crippen molar-refractivity contribution in [1.29, 1.82) is 0 Å². The molecule has 0 fully saturated rings. The van der Waals surface area contributed by atoms with E-state index in [1.54, 1.807) is 7.11 Å². The Morgan fingerprint density at radius 3 is 2.50 bits per heavy atom. The summed E-state index contributed by atoms with van der Waals surface area (Å²) in [5.74, 6) is 0. The molecule has 0 spiro atoms. The lowest BCUT2D eigenvalue weighted by molar-refractivity contribution is 0.0855. The second-order valence-electron chi connectivity index (χ2n) is 3.14. The van der Waals surface area contributed by atoms with Gasteiger partial charge in [0, 0.05) is 13.2 Å². The average molecular weight is 171 g/mol. The summed E-state index contributed by atoms with van der Waals surface area (Å²) in [6.45, 7) is 8.19. The number of hydrogen-bond acceptors (Lipinski definition) is 2. The maximum absolute atomic E-state index is 5.24. The quantitative estimate of drug-likeness (QED) is 0.617. The van der Waals surface area contributed by atoms with Gasteiger partial charge in [0.15, 0.2) is 0 Å². The first-order valence-corrected chi connectivity index (χ1v) is 4.52. The summed E-state index contributed by atoms with van der Waals surface area (Å²) in [7, 11) is 3.70. The van der Waals surface area contributed by atoms with E-state index in [0.29, 0.717) is 6.04 Å². The van der Waals surface area contributed by atoms with Crippen molar-refractivity contribution in [2.24, 2.45) is 0 Å². The average Bonchev–Trinajstić information content (AvgIpc) is 2.12. The molecule has 0 rings (SSSR count). The molecule has 0 aliphatic rings. The van der Waals surface area contributed by atoms with E-state index in [4.69, 9.17) is 4.74 Å². The molecule has 2 atom stereocenters. The van der Waals surface area contributed by atoms with Crippen LogP contribution in [0.3, 0.4) is 0 Å². The molecular formula is C10H21NO. The lowest BCUT2D eigenvalue weighted by Crippen LogP contribution is -2.37. The first-order valence-electron chi connectivity index (χ1n) is 4.52. The minimum absolute atomic E-state index is 0.248. The minimum Gasteiger partial charge on any atom is -0.380 e. The van der Waals surface area contributed by atoms with Gasteiger partial charge in [0.05, 0.1) is 6.10 Å². The van der Waals surface area contributed by atoms with Crippen LogP contribution in [0.15, 0.2) is 12.2 Å². The third-order valence-electron chi connectivity index (χ3n) is 2.32. The molecule has 0 bridgehead atoms. The molecule has 0 aliphatic heterocycles. The Bertz CT molecular complexity index is 134. The third-order valence-corrected chi connectivity index (χ3v) is 2.32. The molecule has 0 saturated carbocycles. The van der Waals surface area contributed by atoms with Gasteiger partial charge in [-0.15, -0.1) is 0 Å². The highest BCUT2D eigenvalue weighted by Crippen LogP contribution is 2.10. The van der Waals surface area contributed by atoms with Gasteiger partial charge in [-0.2, -0.15) is 0 Å². The van der Waals surface area contributed by atoms with E-state index in [9.17, 15) is 0 Å². The molecule has 0 aromatic heterocycles. The van der Waals surface area contributed by atoms with Gasteiger partial charge in [-0.3, -0.25) is 0 Å². The van der Waals surface area contributed by atoms with Gasteiger partial charge in [0.2, 0.25) is 0 Å². The van der Waals surface area contributed by atoms with Crippen molar-refractivity contribution in [2.45, 2.75) is 38.8 Å². The van der Waals surface area contributed by atoms with Gasteiger partial charge in [-0.25, -0.2) is 0 Å². The van der Waals surface area contributed by atoms with Gasteiger partial charge >= 0.3 is 0 Å². The van der Waals surface area contributed by atoms with Crippen molar-refractivity contribution in [2.75, 3.05) is 14.2 Å². The Balaban J connectivity index is 3.90. The summed E-state index contributed by atoms with van der Waals surface area (Å²) in [5.41, 5.74) is 1.28. The Kier molecular flexibility index (Phi) is 6.03. The SMILES string of the molecule is C=C(CC)CC(NC)C(C)OC. The van der Waals surface area contributed by atoms with E-state index < -0.39 is 0 Å². The molecule has 2 heteroatoms. The monoisotopic (exact) mass is 171 g/mol. The first-order chi connectivity index (χ1) is 5.65. The molecular weight excluding hydrogens is 150 g/mol. The zero-order valence-electron chi connectivity index (χ0n) is 8.68. The van der Waals surface area contributed by atoms with Gasteiger partial charge in [-0.1, -0.05) is 19.1 Å².